The molecule has 0 unspecified atom stereocenters. The van der Waals surface area contributed by atoms with Gasteiger partial charge >= 0.3 is 0 Å². The number of fused-ring (bicyclic) bond motifs is 2. The number of nitrogens with zero attached hydrogens (tertiary/aromatic N) is 3. The van der Waals surface area contributed by atoms with Crippen LogP contribution >= 0.6 is 0 Å². The SMILES string of the molecule is C[C@@H]1CCO[C@@]2(O1)C(=O)N(CN1CCN(c3ccc(F)cc3)CC1)c1ccccc12. The quantitative estimate of drug-likeness (QED) is 0.777. The number of benzene rings is 2. The number of para-hydroxylation sites is 1. The summed E-state index contributed by atoms with van der Waals surface area (Å²) in [4.78, 5) is 19.8. The van der Waals surface area contributed by atoms with E-state index >= 15 is 0 Å². The smallest absolute Gasteiger partial charge is 0.293 e. The van der Waals surface area contributed by atoms with Crippen molar-refractivity contribution in [2.24, 2.45) is 0 Å². The number of halogens is 1. The maximum absolute atomic E-state index is 13.5. The lowest BCUT2D eigenvalue weighted by Crippen LogP contribution is -2.54. The number of hydrogen-bond donors (Lipinski definition) is 0. The molecule has 3 aliphatic rings. The Kier molecular flexibility index (Phi) is 4.97. The number of anilines is 2. The van der Waals surface area contributed by atoms with Crippen molar-refractivity contribution in [1.29, 1.82) is 0 Å². The molecular weight excluding hydrogens is 385 g/mol. The van der Waals surface area contributed by atoms with Gasteiger partial charge in [0.15, 0.2) is 0 Å². The molecule has 2 atom stereocenters. The minimum absolute atomic E-state index is 0.0324. The van der Waals surface area contributed by atoms with Gasteiger partial charge < -0.3 is 14.4 Å². The van der Waals surface area contributed by atoms with Gasteiger partial charge in [-0.15, -0.1) is 0 Å². The molecule has 3 aliphatic heterocycles. The second kappa shape index (κ2) is 7.65. The van der Waals surface area contributed by atoms with Gasteiger partial charge in [0.1, 0.15) is 5.82 Å². The van der Waals surface area contributed by atoms with E-state index in [1.165, 1.54) is 12.1 Å². The van der Waals surface area contributed by atoms with Crippen LogP contribution in [0.25, 0.3) is 0 Å². The first-order valence-corrected chi connectivity index (χ1v) is 10.5. The topological polar surface area (TPSA) is 45.3 Å². The van der Waals surface area contributed by atoms with E-state index in [2.05, 4.69) is 9.80 Å². The van der Waals surface area contributed by atoms with Crippen LogP contribution in [-0.2, 0) is 20.1 Å². The Morgan fingerprint density at radius 1 is 1.07 bits per heavy atom. The molecular formula is C23H26FN3O3. The molecule has 1 amide bonds. The van der Waals surface area contributed by atoms with Crippen LogP contribution in [-0.4, -0.2) is 56.4 Å². The Balaban J connectivity index is 1.31. The van der Waals surface area contributed by atoms with Crippen molar-refractivity contribution < 1.29 is 18.7 Å². The summed E-state index contributed by atoms with van der Waals surface area (Å²) in [6.45, 7) is 6.26. The van der Waals surface area contributed by atoms with E-state index in [1.54, 1.807) is 4.90 Å². The fourth-order valence-electron chi connectivity index (χ4n) is 4.53. The molecule has 158 valence electrons. The zero-order valence-corrected chi connectivity index (χ0v) is 17.1. The molecule has 0 aromatic heterocycles. The van der Waals surface area contributed by atoms with Crippen molar-refractivity contribution in [3.8, 4) is 0 Å². The fourth-order valence-corrected chi connectivity index (χ4v) is 4.53. The average Bonchev–Trinajstić information content (AvgIpc) is 2.98. The van der Waals surface area contributed by atoms with Crippen LogP contribution in [0, 0.1) is 5.82 Å². The van der Waals surface area contributed by atoms with E-state index in [4.69, 9.17) is 9.47 Å². The van der Waals surface area contributed by atoms with E-state index in [-0.39, 0.29) is 17.8 Å². The van der Waals surface area contributed by atoms with Gasteiger partial charge in [-0.2, -0.15) is 0 Å². The zero-order valence-electron chi connectivity index (χ0n) is 17.1. The number of amides is 1. The van der Waals surface area contributed by atoms with E-state index in [1.807, 2.05) is 43.3 Å². The van der Waals surface area contributed by atoms with Gasteiger partial charge in [0.05, 0.1) is 25.1 Å². The molecule has 0 aliphatic carbocycles. The molecule has 2 saturated heterocycles. The molecule has 0 radical (unpaired) electrons. The van der Waals surface area contributed by atoms with Crippen molar-refractivity contribution in [3.63, 3.8) is 0 Å². The van der Waals surface area contributed by atoms with E-state index in [0.717, 1.165) is 49.5 Å². The summed E-state index contributed by atoms with van der Waals surface area (Å²) in [5.74, 6) is -1.68. The molecule has 1 spiro atoms. The highest BCUT2D eigenvalue weighted by atomic mass is 19.1. The van der Waals surface area contributed by atoms with Crippen molar-refractivity contribution in [3.05, 3.63) is 59.9 Å². The maximum Gasteiger partial charge on any atom is 0.293 e. The number of rotatable bonds is 3. The minimum atomic E-state index is -1.32. The molecule has 5 rings (SSSR count). The Morgan fingerprint density at radius 2 is 1.80 bits per heavy atom. The van der Waals surface area contributed by atoms with Crippen LogP contribution in [0.4, 0.5) is 15.8 Å². The summed E-state index contributed by atoms with van der Waals surface area (Å²) in [5.41, 5.74) is 2.68. The first kappa shape index (κ1) is 19.5. The van der Waals surface area contributed by atoms with Gasteiger partial charge in [-0.1, -0.05) is 18.2 Å². The summed E-state index contributed by atoms with van der Waals surface area (Å²) in [6, 6.07) is 14.4. The summed E-state index contributed by atoms with van der Waals surface area (Å²) < 4.78 is 25.3. The molecule has 3 heterocycles. The minimum Gasteiger partial charge on any atom is -0.369 e. The number of carbonyl (C=O) groups excluding carboxylic acids is 1. The third-order valence-electron chi connectivity index (χ3n) is 6.18. The van der Waals surface area contributed by atoms with Gasteiger partial charge in [-0.25, -0.2) is 4.39 Å². The van der Waals surface area contributed by atoms with Crippen LogP contribution in [0.2, 0.25) is 0 Å². The van der Waals surface area contributed by atoms with Crippen molar-refractivity contribution >= 4 is 17.3 Å². The largest absolute Gasteiger partial charge is 0.369 e. The van der Waals surface area contributed by atoms with Crippen LogP contribution in [0.3, 0.4) is 0 Å². The monoisotopic (exact) mass is 411 g/mol. The normalized spacial score (nSPS) is 27.0. The summed E-state index contributed by atoms with van der Waals surface area (Å²) in [6.07, 6.45) is 0.748. The lowest BCUT2D eigenvalue weighted by molar-refractivity contribution is -0.277. The third-order valence-corrected chi connectivity index (χ3v) is 6.18. The second-order valence-corrected chi connectivity index (χ2v) is 8.16. The lowest BCUT2D eigenvalue weighted by atomic mass is 10.1. The molecule has 7 heteroatoms. The molecule has 0 saturated carbocycles. The molecule has 30 heavy (non-hydrogen) atoms. The van der Waals surface area contributed by atoms with Crippen molar-refractivity contribution in [1.82, 2.24) is 4.90 Å². The highest BCUT2D eigenvalue weighted by Gasteiger charge is 2.56. The maximum atomic E-state index is 13.5. The Hall–Kier alpha value is -2.48. The Bertz CT molecular complexity index is 930. The predicted molar refractivity (Wildman–Crippen MR) is 112 cm³/mol. The number of hydrogen-bond acceptors (Lipinski definition) is 5. The van der Waals surface area contributed by atoms with Crippen LogP contribution in [0.1, 0.15) is 18.9 Å². The highest BCUT2D eigenvalue weighted by molar-refractivity contribution is 6.06. The zero-order chi connectivity index (χ0) is 20.7. The summed E-state index contributed by atoms with van der Waals surface area (Å²) in [5, 5.41) is 0. The third kappa shape index (κ3) is 3.27. The van der Waals surface area contributed by atoms with Crippen LogP contribution < -0.4 is 9.80 Å². The highest BCUT2D eigenvalue weighted by Crippen LogP contribution is 2.46. The van der Waals surface area contributed by atoms with E-state index in [9.17, 15) is 9.18 Å². The van der Waals surface area contributed by atoms with Gasteiger partial charge in [0.25, 0.3) is 11.7 Å². The van der Waals surface area contributed by atoms with Gasteiger partial charge in [-0.3, -0.25) is 14.6 Å². The van der Waals surface area contributed by atoms with E-state index < -0.39 is 5.79 Å². The number of ether oxygens (including phenoxy) is 2. The van der Waals surface area contributed by atoms with Gasteiger partial charge in [0.2, 0.25) is 0 Å². The molecule has 2 fully saturated rings. The molecule has 0 bridgehead atoms. The summed E-state index contributed by atoms with van der Waals surface area (Å²) in [7, 11) is 0. The number of carbonyl (C=O) groups is 1. The molecule has 2 aromatic rings. The Labute approximate surface area is 175 Å². The number of piperazine rings is 1. The van der Waals surface area contributed by atoms with Gasteiger partial charge in [0, 0.05) is 37.4 Å². The first-order chi connectivity index (χ1) is 14.6. The standard InChI is InChI=1S/C23H26FN3O3/c1-17-10-15-29-23(30-17)20-4-2-3-5-21(20)27(22(23)28)16-25-11-13-26(14-12-25)19-8-6-18(24)7-9-19/h2-9,17H,10-16H2,1H3/t17-,23+/m1/s1. The summed E-state index contributed by atoms with van der Waals surface area (Å²) >= 11 is 0. The van der Waals surface area contributed by atoms with Crippen molar-refractivity contribution in [2.45, 2.75) is 25.2 Å². The molecule has 6 nitrogen and oxygen atoms in total. The average molecular weight is 411 g/mol. The van der Waals surface area contributed by atoms with E-state index in [0.29, 0.717) is 13.3 Å². The second-order valence-electron chi connectivity index (χ2n) is 8.16. The van der Waals surface area contributed by atoms with Crippen molar-refractivity contribution in [2.75, 3.05) is 49.3 Å². The molecule has 2 aromatic carbocycles. The lowest BCUT2D eigenvalue weighted by Gasteiger charge is -2.39. The Morgan fingerprint density at radius 3 is 2.53 bits per heavy atom. The fraction of sp³-hybridized carbons (Fsp3) is 0.435. The predicted octanol–water partition coefficient (Wildman–Crippen LogP) is 2.93. The van der Waals surface area contributed by atoms with Gasteiger partial charge in [-0.05, 0) is 43.7 Å². The molecule has 0 N–H and O–H groups in total. The van der Waals surface area contributed by atoms with Crippen LogP contribution in [0.5, 0.6) is 0 Å². The first-order valence-electron chi connectivity index (χ1n) is 10.5. The van der Waals surface area contributed by atoms with Crippen LogP contribution in [0.15, 0.2) is 48.5 Å².